The Kier molecular flexibility index (Phi) is 3.99. The van der Waals surface area contributed by atoms with Crippen LogP contribution in [0.3, 0.4) is 0 Å². The summed E-state index contributed by atoms with van der Waals surface area (Å²) in [5.74, 6) is 0.353. The van der Waals surface area contributed by atoms with Gasteiger partial charge in [-0.3, -0.25) is 4.79 Å². The molecule has 82 valence electrons. The highest BCUT2D eigenvalue weighted by Crippen LogP contribution is 2.28. The Labute approximate surface area is 97.0 Å². The highest BCUT2D eigenvalue weighted by Gasteiger charge is 2.08. The van der Waals surface area contributed by atoms with Crippen LogP contribution in [0, 0.1) is 0 Å². The molecule has 0 aliphatic rings. The lowest BCUT2D eigenvalue weighted by atomic mass is 10.4. The van der Waals surface area contributed by atoms with Gasteiger partial charge in [0.1, 0.15) is 11.6 Å². The van der Waals surface area contributed by atoms with E-state index in [1.54, 1.807) is 7.05 Å². The summed E-state index contributed by atoms with van der Waals surface area (Å²) in [4.78, 5) is 14.6. The van der Waals surface area contributed by atoms with Crippen LogP contribution in [0.4, 0.5) is 11.6 Å². The highest BCUT2D eigenvalue weighted by molar-refractivity contribution is 6.37. The average molecular weight is 249 g/mol. The summed E-state index contributed by atoms with van der Waals surface area (Å²) >= 11 is 11.7. The Morgan fingerprint density at radius 2 is 2.07 bits per heavy atom. The minimum absolute atomic E-state index is 0.0303. The zero-order valence-electron chi connectivity index (χ0n) is 7.97. The number of amides is 1. The first kappa shape index (κ1) is 11.9. The molecule has 1 heterocycles. The van der Waals surface area contributed by atoms with E-state index in [1.165, 1.54) is 6.07 Å². The van der Waals surface area contributed by atoms with Gasteiger partial charge in [0.05, 0.1) is 16.6 Å². The molecule has 0 aliphatic carbocycles. The van der Waals surface area contributed by atoms with E-state index >= 15 is 0 Å². The molecule has 0 aliphatic heterocycles. The Bertz CT molecular complexity index is 383. The van der Waals surface area contributed by atoms with Crippen molar-refractivity contribution in [3.05, 3.63) is 16.1 Å². The number of carbonyl (C=O) groups excluding carboxylic acids is 1. The van der Waals surface area contributed by atoms with Gasteiger partial charge in [-0.1, -0.05) is 23.2 Å². The number of nitrogens with two attached hydrogens (primary N) is 1. The fourth-order valence-corrected chi connectivity index (χ4v) is 1.46. The molecule has 0 saturated carbocycles. The summed E-state index contributed by atoms with van der Waals surface area (Å²) in [5.41, 5.74) is 4.98. The number of hydrogen-bond acceptors (Lipinski definition) is 4. The number of anilines is 2. The van der Waals surface area contributed by atoms with Crippen molar-refractivity contribution in [2.45, 2.75) is 0 Å². The summed E-state index contributed by atoms with van der Waals surface area (Å²) in [5, 5.41) is 6.23. The topological polar surface area (TPSA) is 80.0 Å². The van der Waals surface area contributed by atoms with E-state index in [-0.39, 0.29) is 6.54 Å². The Balaban J connectivity index is 2.92. The number of pyridine rings is 1. The molecule has 7 heteroatoms. The monoisotopic (exact) mass is 248 g/mol. The van der Waals surface area contributed by atoms with Crippen LogP contribution in [0.25, 0.3) is 0 Å². The predicted octanol–water partition coefficient (Wildman–Crippen LogP) is 1.33. The van der Waals surface area contributed by atoms with E-state index in [0.717, 1.165) is 0 Å². The van der Waals surface area contributed by atoms with Crippen LogP contribution >= 0.6 is 23.2 Å². The van der Waals surface area contributed by atoms with Crippen LogP contribution in [-0.2, 0) is 4.79 Å². The van der Waals surface area contributed by atoms with Crippen LogP contribution in [-0.4, -0.2) is 24.5 Å². The molecule has 1 rings (SSSR count). The Morgan fingerprint density at radius 3 is 2.60 bits per heavy atom. The lowest BCUT2D eigenvalue weighted by Gasteiger charge is -2.09. The van der Waals surface area contributed by atoms with Crippen LogP contribution in [0.2, 0.25) is 10.0 Å². The normalized spacial score (nSPS) is 9.80. The minimum atomic E-state index is -0.492. The number of carbonyl (C=O) groups is 1. The first-order valence-corrected chi connectivity index (χ1v) is 4.86. The maximum atomic E-state index is 10.6. The Hall–Kier alpha value is -1.20. The number of rotatable bonds is 4. The van der Waals surface area contributed by atoms with Crippen LogP contribution in [0.5, 0.6) is 0 Å². The summed E-state index contributed by atoms with van der Waals surface area (Å²) in [6.45, 7) is -0.0303. The van der Waals surface area contributed by atoms with Gasteiger partial charge in [-0.2, -0.15) is 0 Å². The van der Waals surface area contributed by atoms with Gasteiger partial charge in [0.2, 0.25) is 5.91 Å². The largest absolute Gasteiger partial charge is 0.372 e. The number of aromatic nitrogens is 1. The molecule has 0 atom stereocenters. The number of primary amides is 1. The highest BCUT2D eigenvalue weighted by atomic mass is 35.5. The van der Waals surface area contributed by atoms with Crippen molar-refractivity contribution in [1.82, 2.24) is 4.98 Å². The van der Waals surface area contributed by atoms with E-state index in [9.17, 15) is 4.79 Å². The zero-order valence-corrected chi connectivity index (χ0v) is 9.49. The molecule has 0 fully saturated rings. The van der Waals surface area contributed by atoms with Crippen molar-refractivity contribution in [2.75, 3.05) is 24.2 Å². The second-order valence-corrected chi connectivity index (χ2v) is 3.53. The number of halogens is 2. The second kappa shape index (κ2) is 5.04. The fourth-order valence-electron chi connectivity index (χ4n) is 0.937. The molecular weight excluding hydrogens is 239 g/mol. The Morgan fingerprint density at radius 1 is 1.47 bits per heavy atom. The van der Waals surface area contributed by atoms with Crippen LogP contribution in [0.15, 0.2) is 6.07 Å². The van der Waals surface area contributed by atoms with E-state index in [4.69, 9.17) is 28.9 Å². The van der Waals surface area contributed by atoms with Gasteiger partial charge in [-0.15, -0.1) is 0 Å². The smallest absolute Gasteiger partial charge is 0.236 e. The summed E-state index contributed by atoms with van der Waals surface area (Å²) in [6, 6.07) is 1.53. The third kappa shape index (κ3) is 3.14. The molecule has 0 aromatic carbocycles. The van der Waals surface area contributed by atoms with Gasteiger partial charge in [-0.05, 0) is 6.07 Å². The first-order valence-electron chi connectivity index (χ1n) is 4.10. The molecule has 1 amide bonds. The molecule has 4 N–H and O–H groups in total. The van der Waals surface area contributed by atoms with E-state index in [1.807, 2.05) is 0 Å². The maximum absolute atomic E-state index is 10.6. The molecule has 1 aromatic heterocycles. The second-order valence-electron chi connectivity index (χ2n) is 2.72. The van der Waals surface area contributed by atoms with Crippen LogP contribution < -0.4 is 16.4 Å². The van der Waals surface area contributed by atoms with E-state index in [2.05, 4.69) is 15.6 Å². The fraction of sp³-hybridized carbons (Fsp3) is 0.250. The quantitative estimate of drug-likeness (QED) is 0.751. The summed E-state index contributed by atoms with van der Waals surface area (Å²) < 4.78 is 0. The minimum Gasteiger partial charge on any atom is -0.372 e. The van der Waals surface area contributed by atoms with Crippen LogP contribution in [0.1, 0.15) is 0 Å². The lowest BCUT2D eigenvalue weighted by molar-refractivity contribution is -0.116. The molecule has 0 spiro atoms. The zero-order chi connectivity index (χ0) is 11.4. The molecule has 0 saturated heterocycles. The van der Waals surface area contributed by atoms with Gasteiger partial charge in [0.25, 0.3) is 0 Å². The maximum Gasteiger partial charge on any atom is 0.236 e. The number of nitrogens with one attached hydrogen (secondary N) is 2. The van der Waals surface area contributed by atoms with Crippen molar-refractivity contribution in [1.29, 1.82) is 0 Å². The van der Waals surface area contributed by atoms with Crippen molar-refractivity contribution in [2.24, 2.45) is 5.73 Å². The predicted molar refractivity (Wildman–Crippen MR) is 61.5 cm³/mol. The lowest BCUT2D eigenvalue weighted by Crippen LogP contribution is -2.22. The van der Waals surface area contributed by atoms with Gasteiger partial charge < -0.3 is 16.4 Å². The van der Waals surface area contributed by atoms with Gasteiger partial charge in [-0.25, -0.2) is 4.98 Å². The molecule has 15 heavy (non-hydrogen) atoms. The van der Waals surface area contributed by atoms with E-state index < -0.39 is 5.91 Å². The summed E-state index contributed by atoms with van der Waals surface area (Å²) in [7, 11) is 1.68. The van der Waals surface area contributed by atoms with Gasteiger partial charge in [0.15, 0.2) is 0 Å². The molecular formula is C8H10Cl2N4O. The van der Waals surface area contributed by atoms with E-state index in [0.29, 0.717) is 21.7 Å². The SMILES string of the molecule is CNc1nc(NCC(N)=O)c(Cl)cc1Cl. The molecule has 0 bridgehead atoms. The standard InChI is InChI=1S/C8H10Cl2N4O/c1-12-7-4(9)2-5(10)8(14-7)13-3-6(11)15/h2H,3H2,1H3,(H2,11,15)(H2,12,13,14). The number of nitrogens with zero attached hydrogens (tertiary/aromatic N) is 1. The van der Waals surface area contributed by atoms with Crippen molar-refractivity contribution in [3.8, 4) is 0 Å². The average Bonchev–Trinajstić information content (AvgIpc) is 2.16. The van der Waals surface area contributed by atoms with Crippen molar-refractivity contribution < 1.29 is 4.79 Å². The third-order valence-electron chi connectivity index (χ3n) is 1.60. The molecule has 5 nitrogen and oxygen atoms in total. The first-order chi connectivity index (χ1) is 7.04. The molecule has 1 aromatic rings. The molecule has 0 unspecified atom stereocenters. The van der Waals surface area contributed by atoms with Gasteiger partial charge in [0, 0.05) is 7.05 Å². The van der Waals surface area contributed by atoms with Gasteiger partial charge >= 0.3 is 0 Å². The van der Waals surface area contributed by atoms with Crippen molar-refractivity contribution >= 4 is 40.7 Å². The number of hydrogen-bond donors (Lipinski definition) is 3. The summed E-state index contributed by atoms with van der Waals surface area (Å²) in [6.07, 6.45) is 0. The molecule has 0 radical (unpaired) electrons. The van der Waals surface area contributed by atoms with Crippen molar-refractivity contribution in [3.63, 3.8) is 0 Å². The third-order valence-corrected chi connectivity index (χ3v) is 2.17.